The van der Waals surface area contributed by atoms with Crippen LogP contribution in [0.25, 0.3) is 0 Å². The minimum absolute atomic E-state index is 0.307. The standard InChI is InChI=1S/C23H33N3O2/c27-22-20-10-4-5-11-21(20)23(28)26(22)13-7-6-12-24-14-16-25(17-15-24)18-19-8-2-1-3-9-19/h1-3,8-9,27-28H,4-7,10-18H2. The third-order valence-corrected chi connectivity index (χ3v) is 6.34. The lowest BCUT2D eigenvalue weighted by atomic mass is 9.95. The Bertz CT molecular complexity index is 734. The van der Waals surface area contributed by atoms with Crippen molar-refractivity contribution in [3.63, 3.8) is 0 Å². The SMILES string of the molecule is Oc1c2c(c(O)n1CCCCN1CCN(Cc3ccccc3)CC1)CCCC2. The predicted molar refractivity (Wildman–Crippen MR) is 112 cm³/mol. The molecule has 2 aliphatic rings. The van der Waals surface area contributed by atoms with Crippen LogP contribution < -0.4 is 0 Å². The van der Waals surface area contributed by atoms with Crippen LogP contribution in [0.3, 0.4) is 0 Å². The molecular formula is C23H33N3O2. The maximum absolute atomic E-state index is 10.4. The molecule has 0 amide bonds. The molecule has 152 valence electrons. The Morgan fingerprint density at radius 1 is 0.714 bits per heavy atom. The van der Waals surface area contributed by atoms with Crippen molar-refractivity contribution in [2.45, 2.75) is 51.6 Å². The maximum Gasteiger partial charge on any atom is 0.197 e. The summed E-state index contributed by atoms with van der Waals surface area (Å²) in [6.45, 7) is 7.36. The van der Waals surface area contributed by atoms with E-state index in [1.165, 1.54) is 5.56 Å². The molecule has 1 fully saturated rings. The summed E-state index contributed by atoms with van der Waals surface area (Å²) in [7, 11) is 0. The zero-order valence-electron chi connectivity index (χ0n) is 16.8. The van der Waals surface area contributed by atoms with Gasteiger partial charge in [0.15, 0.2) is 11.8 Å². The number of piperazine rings is 1. The first kappa shape index (κ1) is 19.3. The first-order valence-electron chi connectivity index (χ1n) is 10.8. The van der Waals surface area contributed by atoms with Gasteiger partial charge in [-0.3, -0.25) is 9.47 Å². The van der Waals surface area contributed by atoms with Gasteiger partial charge in [0.25, 0.3) is 0 Å². The molecule has 1 aromatic heterocycles. The predicted octanol–water partition coefficient (Wildman–Crippen LogP) is 3.38. The van der Waals surface area contributed by atoms with Gasteiger partial charge < -0.3 is 15.1 Å². The fourth-order valence-electron chi connectivity index (χ4n) is 4.65. The third kappa shape index (κ3) is 4.36. The van der Waals surface area contributed by atoms with Gasteiger partial charge in [0.1, 0.15) is 0 Å². The van der Waals surface area contributed by atoms with E-state index in [9.17, 15) is 10.2 Å². The minimum Gasteiger partial charge on any atom is -0.494 e. The number of rotatable bonds is 7. The molecular weight excluding hydrogens is 350 g/mol. The van der Waals surface area contributed by atoms with Crippen LogP contribution in [0.2, 0.25) is 0 Å². The summed E-state index contributed by atoms with van der Waals surface area (Å²) in [5.74, 6) is 0.614. The monoisotopic (exact) mass is 383 g/mol. The molecule has 4 rings (SSSR count). The van der Waals surface area contributed by atoms with Gasteiger partial charge in [0.05, 0.1) is 0 Å². The second kappa shape index (κ2) is 9.01. The first-order valence-corrected chi connectivity index (χ1v) is 10.8. The normalized spacial score (nSPS) is 18.3. The number of nitrogens with zero attached hydrogens (tertiary/aromatic N) is 3. The van der Waals surface area contributed by atoms with Crippen LogP contribution in [-0.2, 0) is 25.9 Å². The van der Waals surface area contributed by atoms with Gasteiger partial charge in [-0.05, 0) is 50.6 Å². The average Bonchev–Trinajstić information content (AvgIpc) is 2.98. The molecule has 0 atom stereocenters. The number of hydrogen-bond acceptors (Lipinski definition) is 4. The highest BCUT2D eigenvalue weighted by Crippen LogP contribution is 2.38. The topological polar surface area (TPSA) is 51.9 Å². The average molecular weight is 384 g/mol. The van der Waals surface area contributed by atoms with Crippen LogP contribution >= 0.6 is 0 Å². The number of unbranched alkanes of at least 4 members (excludes halogenated alkanes) is 1. The Hall–Kier alpha value is -1.98. The molecule has 5 heteroatoms. The van der Waals surface area contributed by atoms with Crippen molar-refractivity contribution < 1.29 is 10.2 Å². The van der Waals surface area contributed by atoms with Crippen LogP contribution in [0.5, 0.6) is 11.8 Å². The second-order valence-electron chi connectivity index (χ2n) is 8.27. The van der Waals surface area contributed by atoms with E-state index in [4.69, 9.17) is 0 Å². The van der Waals surface area contributed by atoms with Gasteiger partial charge in [0.2, 0.25) is 0 Å². The molecule has 0 saturated carbocycles. The molecule has 1 aliphatic carbocycles. The molecule has 0 spiro atoms. The summed E-state index contributed by atoms with van der Waals surface area (Å²) >= 11 is 0. The molecule has 2 heterocycles. The summed E-state index contributed by atoms with van der Waals surface area (Å²) < 4.78 is 1.73. The summed E-state index contributed by atoms with van der Waals surface area (Å²) in [6.07, 6.45) is 6.10. The van der Waals surface area contributed by atoms with Crippen LogP contribution in [0.4, 0.5) is 0 Å². The van der Waals surface area contributed by atoms with Crippen LogP contribution in [0.1, 0.15) is 42.4 Å². The fourth-order valence-corrected chi connectivity index (χ4v) is 4.65. The lowest BCUT2D eigenvalue weighted by Gasteiger charge is -2.34. The molecule has 0 unspecified atom stereocenters. The number of aromatic hydroxyl groups is 2. The third-order valence-electron chi connectivity index (χ3n) is 6.34. The molecule has 1 aromatic carbocycles. The smallest absolute Gasteiger partial charge is 0.197 e. The van der Waals surface area contributed by atoms with E-state index in [2.05, 4.69) is 40.1 Å². The van der Waals surface area contributed by atoms with Crippen molar-refractivity contribution in [2.75, 3.05) is 32.7 Å². The summed E-state index contributed by atoms with van der Waals surface area (Å²) in [5, 5.41) is 20.9. The number of benzene rings is 1. The van der Waals surface area contributed by atoms with Gasteiger partial charge in [-0.25, -0.2) is 0 Å². The Morgan fingerprint density at radius 2 is 1.29 bits per heavy atom. The van der Waals surface area contributed by atoms with E-state index in [0.717, 1.165) is 88.9 Å². The second-order valence-corrected chi connectivity index (χ2v) is 8.27. The highest BCUT2D eigenvalue weighted by Gasteiger charge is 2.24. The van der Waals surface area contributed by atoms with Crippen molar-refractivity contribution in [3.05, 3.63) is 47.0 Å². The molecule has 0 bridgehead atoms. The molecule has 1 aliphatic heterocycles. The summed E-state index contributed by atoms with van der Waals surface area (Å²) in [5.41, 5.74) is 3.36. The maximum atomic E-state index is 10.4. The fraction of sp³-hybridized carbons (Fsp3) is 0.565. The first-order chi connectivity index (χ1) is 13.7. The minimum atomic E-state index is 0.307. The van der Waals surface area contributed by atoms with E-state index < -0.39 is 0 Å². The van der Waals surface area contributed by atoms with Crippen molar-refractivity contribution in [1.82, 2.24) is 14.4 Å². The van der Waals surface area contributed by atoms with Crippen molar-refractivity contribution in [1.29, 1.82) is 0 Å². The Labute approximate surface area is 168 Å². The van der Waals surface area contributed by atoms with Gasteiger partial charge in [0, 0.05) is 50.4 Å². The van der Waals surface area contributed by atoms with E-state index in [0.29, 0.717) is 18.3 Å². The number of hydrogen-bond donors (Lipinski definition) is 2. The van der Waals surface area contributed by atoms with Gasteiger partial charge >= 0.3 is 0 Å². The molecule has 2 aromatic rings. The Morgan fingerprint density at radius 3 is 1.93 bits per heavy atom. The van der Waals surface area contributed by atoms with E-state index in [1.807, 2.05) is 0 Å². The lowest BCUT2D eigenvalue weighted by molar-refractivity contribution is 0.125. The zero-order valence-corrected chi connectivity index (χ0v) is 16.8. The van der Waals surface area contributed by atoms with E-state index in [1.54, 1.807) is 4.57 Å². The van der Waals surface area contributed by atoms with Crippen LogP contribution in [0, 0.1) is 0 Å². The largest absolute Gasteiger partial charge is 0.494 e. The van der Waals surface area contributed by atoms with Crippen molar-refractivity contribution in [3.8, 4) is 11.8 Å². The van der Waals surface area contributed by atoms with Crippen molar-refractivity contribution >= 4 is 0 Å². The molecule has 1 saturated heterocycles. The molecule has 28 heavy (non-hydrogen) atoms. The van der Waals surface area contributed by atoms with Gasteiger partial charge in [-0.15, -0.1) is 0 Å². The highest BCUT2D eigenvalue weighted by molar-refractivity contribution is 5.46. The highest BCUT2D eigenvalue weighted by atomic mass is 16.3. The van der Waals surface area contributed by atoms with Gasteiger partial charge in [-0.2, -0.15) is 0 Å². The summed E-state index contributed by atoms with van der Waals surface area (Å²) in [4.78, 5) is 5.08. The summed E-state index contributed by atoms with van der Waals surface area (Å²) in [6, 6.07) is 10.7. The number of aromatic nitrogens is 1. The van der Waals surface area contributed by atoms with E-state index in [-0.39, 0.29) is 0 Å². The van der Waals surface area contributed by atoms with Crippen molar-refractivity contribution in [2.24, 2.45) is 0 Å². The Kier molecular flexibility index (Phi) is 6.23. The molecule has 5 nitrogen and oxygen atoms in total. The zero-order chi connectivity index (χ0) is 19.3. The molecule has 2 N–H and O–H groups in total. The Balaban J connectivity index is 1.18. The van der Waals surface area contributed by atoms with Crippen LogP contribution in [0.15, 0.2) is 30.3 Å². The number of fused-ring (bicyclic) bond motifs is 1. The van der Waals surface area contributed by atoms with E-state index >= 15 is 0 Å². The molecule has 0 radical (unpaired) electrons. The lowest BCUT2D eigenvalue weighted by Crippen LogP contribution is -2.46. The van der Waals surface area contributed by atoms with Crippen LogP contribution in [-0.4, -0.2) is 57.3 Å². The quantitative estimate of drug-likeness (QED) is 0.720. The van der Waals surface area contributed by atoms with Gasteiger partial charge in [-0.1, -0.05) is 30.3 Å².